The first-order chi connectivity index (χ1) is 13.1. The molecule has 1 aliphatic rings. The summed E-state index contributed by atoms with van der Waals surface area (Å²) in [5.41, 5.74) is 0.959. The predicted octanol–water partition coefficient (Wildman–Crippen LogP) is 3.22. The van der Waals surface area contributed by atoms with Crippen LogP contribution in [0.25, 0.3) is 0 Å². The van der Waals surface area contributed by atoms with Crippen LogP contribution in [0.5, 0.6) is 0 Å². The second-order valence-corrected chi connectivity index (χ2v) is 6.30. The summed E-state index contributed by atoms with van der Waals surface area (Å²) in [6.45, 7) is 0.0891. The van der Waals surface area contributed by atoms with Crippen molar-refractivity contribution in [1.82, 2.24) is 0 Å². The number of esters is 2. The maximum atomic E-state index is 12.1. The number of hydrogen-bond donors (Lipinski definition) is 0. The van der Waals surface area contributed by atoms with Crippen LogP contribution in [-0.4, -0.2) is 44.2 Å². The lowest BCUT2D eigenvalue weighted by Crippen LogP contribution is -2.38. The average molecular weight is 370 g/mol. The van der Waals surface area contributed by atoms with E-state index in [9.17, 15) is 9.59 Å². The molecule has 2 aromatic rings. The zero-order valence-electron chi connectivity index (χ0n) is 15.1. The van der Waals surface area contributed by atoms with Gasteiger partial charge in [0.25, 0.3) is 0 Å². The number of methoxy groups -OCH3 is 1. The third kappa shape index (κ3) is 4.93. The van der Waals surface area contributed by atoms with Gasteiger partial charge in [-0.05, 0) is 30.7 Å². The van der Waals surface area contributed by atoms with E-state index in [1.165, 1.54) is 7.11 Å². The Labute approximate surface area is 158 Å². The third-order valence-electron chi connectivity index (χ3n) is 4.44. The van der Waals surface area contributed by atoms with Crippen LogP contribution in [0.1, 0.15) is 33.6 Å². The highest BCUT2D eigenvalue weighted by Gasteiger charge is 2.42. The normalized spacial score (nSPS) is 21.6. The molecule has 0 unspecified atom stereocenters. The van der Waals surface area contributed by atoms with E-state index in [4.69, 9.17) is 18.9 Å². The molecule has 0 aromatic heterocycles. The summed E-state index contributed by atoms with van der Waals surface area (Å²) in [7, 11) is 1.51. The molecule has 142 valence electrons. The second kappa shape index (κ2) is 8.79. The van der Waals surface area contributed by atoms with Crippen LogP contribution in [-0.2, 0) is 18.9 Å². The number of carbonyl (C=O) groups is 2. The Morgan fingerprint density at radius 3 is 2.07 bits per heavy atom. The van der Waals surface area contributed by atoms with Crippen LogP contribution in [0.2, 0.25) is 0 Å². The molecule has 2 aromatic carbocycles. The van der Waals surface area contributed by atoms with E-state index in [2.05, 4.69) is 0 Å². The standard InChI is InChI=1S/C21H22O6/c1-24-21(15-26-20(23)17-10-6-3-7-11-17)13-12-18(27-21)14-25-19(22)16-8-4-2-5-9-16/h2-11,18H,12-15H2,1H3/t18-,21+/m1/s1. The minimum absolute atomic E-state index is 0.0274. The molecule has 1 saturated heterocycles. The topological polar surface area (TPSA) is 71.1 Å². The van der Waals surface area contributed by atoms with Crippen LogP contribution in [0.4, 0.5) is 0 Å². The number of hydrogen-bond acceptors (Lipinski definition) is 6. The first-order valence-electron chi connectivity index (χ1n) is 8.79. The Morgan fingerprint density at radius 1 is 0.963 bits per heavy atom. The fraction of sp³-hybridized carbons (Fsp3) is 0.333. The predicted molar refractivity (Wildman–Crippen MR) is 97.3 cm³/mol. The first kappa shape index (κ1) is 19.1. The monoisotopic (exact) mass is 370 g/mol. The highest BCUT2D eigenvalue weighted by atomic mass is 16.7. The van der Waals surface area contributed by atoms with Gasteiger partial charge in [-0.3, -0.25) is 0 Å². The summed E-state index contributed by atoms with van der Waals surface area (Å²) in [4.78, 5) is 24.1. The molecule has 6 heteroatoms. The Morgan fingerprint density at radius 2 is 1.52 bits per heavy atom. The van der Waals surface area contributed by atoms with Crippen molar-refractivity contribution in [3.63, 3.8) is 0 Å². The Hall–Kier alpha value is -2.70. The van der Waals surface area contributed by atoms with Crippen LogP contribution in [0.15, 0.2) is 60.7 Å². The van der Waals surface area contributed by atoms with E-state index >= 15 is 0 Å². The maximum absolute atomic E-state index is 12.1. The van der Waals surface area contributed by atoms with E-state index < -0.39 is 17.7 Å². The number of ether oxygens (including phenoxy) is 4. The second-order valence-electron chi connectivity index (χ2n) is 6.30. The largest absolute Gasteiger partial charge is 0.459 e. The Kier molecular flexibility index (Phi) is 6.21. The van der Waals surface area contributed by atoms with E-state index in [0.717, 1.165) is 0 Å². The lowest BCUT2D eigenvalue weighted by Gasteiger charge is -2.27. The van der Waals surface area contributed by atoms with Gasteiger partial charge in [-0.1, -0.05) is 36.4 Å². The van der Waals surface area contributed by atoms with Gasteiger partial charge in [0, 0.05) is 13.5 Å². The van der Waals surface area contributed by atoms with Crippen LogP contribution in [0, 0.1) is 0 Å². The van der Waals surface area contributed by atoms with Crippen molar-refractivity contribution in [2.75, 3.05) is 20.3 Å². The Bertz CT molecular complexity index is 761. The van der Waals surface area contributed by atoms with Crippen molar-refractivity contribution < 1.29 is 28.5 Å². The molecule has 6 nitrogen and oxygen atoms in total. The molecular weight excluding hydrogens is 348 g/mol. The van der Waals surface area contributed by atoms with Gasteiger partial charge in [0.05, 0.1) is 17.2 Å². The van der Waals surface area contributed by atoms with Gasteiger partial charge in [0.15, 0.2) is 0 Å². The molecule has 1 aliphatic heterocycles. The molecule has 0 N–H and O–H groups in total. The molecule has 0 radical (unpaired) electrons. The fourth-order valence-corrected chi connectivity index (χ4v) is 2.89. The van der Waals surface area contributed by atoms with Crippen molar-refractivity contribution in [1.29, 1.82) is 0 Å². The van der Waals surface area contributed by atoms with Crippen molar-refractivity contribution in [2.45, 2.75) is 24.7 Å². The highest BCUT2D eigenvalue weighted by molar-refractivity contribution is 5.89. The number of rotatable bonds is 7. The van der Waals surface area contributed by atoms with E-state index in [0.29, 0.717) is 24.0 Å². The molecule has 0 bridgehead atoms. The summed E-state index contributed by atoms with van der Waals surface area (Å²) in [6, 6.07) is 17.5. The third-order valence-corrected chi connectivity index (χ3v) is 4.44. The van der Waals surface area contributed by atoms with Gasteiger partial charge >= 0.3 is 11.9 Å². The lowest BCUT2D eigenvalue weighted by molar-refractivity contribution is -0.233. The van der Waals surface area contributed by atoms with Gasteiger partial charge in [-0.2, -0.15) is 0 Å². The maximum Gasteiger partial charge on any atom is 0.338 e. The SMILES string of the molecule is CO[C@@]1(COC(=O)c2ccccc2)CC[C@H](COC(=O)c2ccccc2)O1. The first-order valence-corrected chi connectivity index (χ1v) is 8.79. The van der Waals surface area contributed by atoms with Crippen LogP contribution < -0.4 is 0 Å². The smallest absolute Gasteiger partial charge is 0.338 e. The van der Waals surface area contributed by atoms with E-state index in [1.54, 1.807) is 48.5 Å². The molecule has 0 amide bonds. The fourth-order valence-electron chi connectivity index (χ4n) is 2.89. The number of carbonyl (C=O) groups excluding carboxylic acids is 2. The number of benzene rings is 2. The summed E-state index contributed by atoms with van der Waals surface area (Å²) >= 11 is 0. The van der Waals surface area contributed by atoms with Crippen LogP contribution >= 0.6 is 0 Å². The van der Waals surface area contributed by atoms with Crippen molar-refractivity contribution in [2.24, 2.45) is 0 Å². The zero-order chi connectivity index (χ0) is 19.1. The minimum Gasteiger partial charge on any atom is -0.459 e. The van der Waals surface area contributed by atoms with Gasteiger partial charge in [0.2, 0.25) is 5.79 Å². The average Bonchev–Trinajstić information content (AvgIpc) is 3.15. The van der Waals surface area contributed by atoms with Crippen molar-refractivity contribution in [3.05, 3.63) is 71.8 Å². The summed E-state index contributed by atoms with van der Waals surface area (Å²) in [5, 5.41) is 0. The minimum atomic E-state index is -1.02. The molecule has 27 heavy (non-hydrogen) atoms. The Balaban J connectivity index is 1.49. The van der Waals surface area contributed by atoms with E-state index in [1.807, 2.05) is 12.1 Å². The van der Waals surface area contributed by atoms with Gasteiger partial charge < -0.3 is 18.9 Å². The van der Waals surface area contributed by atoms with E-state index in [-0.39, 0.29) is 19.3 Å². The lowest BCUT2D eigenvalue weighted by atomic mass is 10.1. The molecule has 3 rings (SSSR count). The summed E-state index contributed by atoms with van der Waals surface area (Å²) < 4.78 is 22.0. The summed E-state index contributed by atoms with van der Waals surface area (Å²) in [6.07, 6.45) is 0.866. The molecule has 2 atom stereocenters. The summed E-state index contributed by atoms with van der Waals surface area (Å²) in [5.74, 6) is -1.85. The zero-order valence-corrected chi connectivity index (χ0v) is 15.1. The quantitative estimate of drug-likeness (QED) is 0.697. The molecule has 0 saturated carbocycles. The van der Waals surface area contributed by atoms with Crippen molar-refractivity contribution in [3.8, 4) is 0 Å². The molecule has 1 fully saturated rings. The van der Waals surface area contributed by atoms with Gasteiger partial charge in [-0.25, -0.2) is 9.59 Å². The van der Waals surface area contributed by atoms with Crippen LogP contribution in [0.3, 0.4) is 0 Å². The molecule has 1 heterocycles. The molecule has 0 aliphatic carbocycles. The highest BCUT2D eigenvalue weighted by Crippen LogP contribution is 2.32. The van der Waals surface area contributed by atoms with Gasteiger partial charge in [0.1, 0.15) is 13.2 Å². The van der Waals surface area contributed by atoms with Gasteiger partial charge in [-0.15, -0.1) is 0 Å². The molecule has 0 spiro atoms. The molecular formula is C21H22O6. The van der Waals surface area contributed by atoms with Crippen molar-refractivity contribution >= 4 is 11.9 Å².